The van der Waals surface area contributed by atoms with Gasteiger partial charge in [0.15, 0.2) is 16.7 Å². The van der Waals surface area contributed by atoms with Gasteiger partial charge in [-0.1, -0.05) is 47.7 Å². The second-order valence-electron chi connectivity index (χ2n) is 7.97. The number of fused-ring (bicyclic) bond motifs is 2. The molecule has 1 aliphatic heterocycles. The van der Waals surface area contributed by atoms with E-state index in [2.05, 4.69) is 24.3 Å². The molecule has 7 nitrogen and oxygen atoms in total. The van der Waals surface area contributed by atoms with Gasteiger partial charge < -0.3 is 14.2 Å². The maximum absolute atomic E-state index is 13.5. The van der Waals surface area contributed by atoms with Crippen molar-refractivity contribution in [2.75, 3.05) is 13.9 Å². The van der Waals surface area contributed by atoms with Crippen LogP contribution in [-0.2, 0) is 17.0 Å². The van der Waals surface area contributed by atoms with Crippen molar-refractivity contribution in [3.05, 3.63) is 93.3 Å². The SMILES string of the molecule is COC(=O)c1ccc2c(=O)n(Cc3ccc4c(c3)OCO4)c(SCc3ccc(C)cc3)nc2c1. The second kappa shape index (κ2) is 9.23. The van der Waals surface area contributed by atoms with E-state index >= 15 is 0 Å². The maximum atomic E-state index is 13.5. The zero-order chi connectivity index (χ0) is 23.7. The minimum atomic E-state index is -0.470. The van der Waals surface area contributed by atoms with Crippen LogP contribution in [0.5, 0.6) is 11.5 Å². The van der Waals surface area contributed by atoms with Gasteiger partial charge in [0.05, 0.1) is 30.1 Å². The minimum absolute atomic E-state index is 0.175. The highest BCUT2D eigenvalue weighted by Gasteiger charge is 2.17. The summed E-state index contributed by atoms with van der Waals surface area (Å²) in [5, 5.41) is 1.01. The molecule has 0 amide bonds. The van der Waals surface area contributed by atoms with E-state index in [0.29, 0.717) is 45.4 Å². The predicted molar refractivity (Wildman–Crippen MR) is 130 cm³/mol. The number of methoxy groups -OCH3 is 1. The number of aryl methyl sites for hydroxylation is 1. The van der Waals surface area contributed by atoms with E-state index < -0.39 is 5.97 Å². The molecule has 0 atom stereocenters. The van der Waals surface area contributed by atoms with Gasteiger partial charge in [-0.25, -0.2) is 9.78 Å². The lowest BCUT2D eigenvalue weighted by Gasteiger charge is -2.14. The fourth-order valence-corrected chi connectivity index (χ4v) is 4.70. The Morgan fingerprint density at radius 1 is 1.03 bits per heavy atom. The van der Waals surface area contributed by atoms with E-state index in [0.717, 1.165) is 11.1 Å². The van der Waals surface area contributed by atoms with Gasteiger partial charge in [-0.3, -0.25) is 9.36 Å². The Bertz CT molecular complexity index is 1450. The number of hydrogen-bond acceptors (Lipinski definition) is 7. The van der Waals surface area contributed by atoms with Crippen molar-refractivity contribution in [1.29, 1.82) is 0 Å². The van der Waals surface area contributed by atoms with Gasteiger partial charge in [0.1, 0.15) is 0 Å². The van der Waals surface area contributed by atoms with Gasteiger partial charge in [0, 0.05) is 5.75 Å². The number of esters is 1. The molecular formula is C26H22N2O5S. The summed E-state index contributed by atoms with van der Waals surface area (Å²) >= 11 is 1.48. The average Bonchev–Trinajstić information content (AvgIpc) is 3.33. The standard InChI is InChI=1S/C26H22N2O5S/c1-16-3-5-17(6-4-16)14-34-26-27-21-12-19(25(30)31-2)8-9-20(21)24(29)28(26)13-18-7-10-22-23(11-18)33-15-32-22/h3-12H,13-15H2,1-2H3. The molecule has 34 heavy (non-hydrogen) atoms. The van der Waals surface area contributed by atoms with Crippen LogP contribution < -0.4 is 15.0 Å². The monoisotopic (exact) mass is 474 g/mol. The molecule has 0 radical (unpaired) electrons. The Labute approximate surface area is 200 Å². The van der Waals surface area contributed by atoms with Gasteiger partial charge in [-0.15, -0.1) is 0 Å². The molecular weight excluding hydrogens is 452 g/mol. The van der Waals surface area contributed by atoms with E-state index in [-0.39, 0.29) is 12.4 Å². The third kappa shape index (κ3) is 4.36. The fourth-order valence-electron chi connectivity index (χ4n) is 3.75. The van der Waals surface area contributed by atoms with Crippen molar-refractivity contribution in [3.63, 3.8) is 0 Å². The summed E-state index contributed by atoms with van der Waals surface area (Å²) in [6.07, 6.45) is 0. The molecule has 0 unspecified atom stereocenters. The zero-order valence-corrected chi connectivity index (χ0v) is 19.6. The first-order valence-corrected chi connectivity index (χ1v) is 11.7. The summed E-state index contributed by atoms with van der Waals surface area (Å²) in [4.78, 5) is 30.3. The van der Waals surface area contributed by atoms with Crippen LogP contribution >= 0.6 is 11.8 Å². The van der Waals surface area contributed by atoms with Gasteiger partial charge >= 0.3 is 5.97 Å². The van der Waals surface area contributed by atoms with Crippen molar-refractivity contribution in [2.45, 2.75) is 24.4 Å². The Morgan fingerprint density at radius 3 is 2.59 bits per heavy atom. The molecule has 8 heteroatoms. The molecule has 1 aliphatic rings. The van der Waals surface area contributed by atoms with E-state index in [1.54, 1.807) is 22.8 Å². The largest absolute Gasteiger partial charge is 0.465 e. The van der Waals surface area contributed by atoms with E-state index in [4.69, 9.17) is 19.2 Å². The number of carbonyl (C=O) groups is 1. The molecule has 4 aromatic rings. The van der Waals surface area contributed by atoms with Crippen LogP contribution in [0.1, 0.15) is 27.0 Å². The zero-order valence-electron chi connectivity index (χ0n) is 18.7. The van der Waals surface area contributed by atoms with Crippen LogP contribution in [0.2, 0.25) is 0 Å². The van der Waals surface area contributed by atoms with Crippen molar-refractivity contribution < 1.29 is 19.0 Å². The first kappa shape index (κ1) is 22.0. The number of aromatic nitrogens is 2. The number of ether oxygens (including phenoxy) is 3. The van der Waals surface area contributed by atoms with Gasteiger partial charge in [0.25, 0.3) is 5.56 Å². The molecule has 1 aromatic heterocycles. The fraction of sp³-hybridized carbons (Fsp3) is 0.192. The van der Waals surface area contributed by atoms with E-state index in [1.807, 2.05) is 25.1 Å². The quantitative estimate of drug-likeness (QED) is 0.230. The summed E-state index contributed by atoms with van der Waals surface area (Å²) in [5.41, 5.74) is 3.85. The summed E-state index contributed by atoms with van der Waals surface area (Å²) in [7, 11) is 1.33. The van der Waals surface area contributed by atoms with Crippen molar-refractivity contribution in [3.8, 4) is 11.5 Å². The summed E-state index contributed by atoms with van der Waals surface area (Å²) in [5.74, 6) is 1.53. The lowest BCUT2D eigenvalue weighted by atomic mass is 10.1. The second-order valence-corrected chi connectivity index (χ2v) is 8.91. The lowest BCUT2D eigenvalue weighted by Crippen LogP contribution is -2.24. The molecule has 2 heterocycles. The number of rotatable bonds is 6. The number of thioether (sulfide) groups is 1. The third-order valence-corrected chi connectivity index (χ3v) is 6.66. The molecule has 0 N–H and O–H groups in total. The average molecular weight is 475 g/mol. The summed E-state index contributed by atoms with van der Waals surface area (Å²) in [6.45, 7) is 2.56. The minimum Gasteiger partial charge on any atom is -0.465 e. The Balaban J connectivity index is 1.56. The highest BCUT2D eigenvalue weighted by molar-refractivity contribution is 7.98. The van der Waals surface area contributed by atoms with Crippen LogP contribution in [0.15, 0.2) is 70.6 Å². The topological polar surface area (TPSA) is 79.7 Å². The first-order chi connectivity index (χ1) is 16.5. The Hall–Kier alpha value is -3.78. The molecule has 0 spiro atoms. The molecule has 0 bridgehead atoms. The van der Waals surface area contributed by atoms with Gasteiger partial charge in [-0.2, -0.15) is 0 Å². The van der Waals surface area contributed by atoms with Crippen LogP contribution in [-0.4, -0.2) is 29.4 Å². The van der Waals surface area contributed by atoms with Crippen LogP contribution in [0, 0.1) is 6.92 Å². The van der Waals surface area contributed by atoms with Crippen molar-refractivity contribution >= 4 is 28.6 Å². The molecule has 0 saturated heterocycles. The van der Waals surface area contributed by atoms with Crippen molar-refractivity contribution in [1.82, 2.24) is 9.55 Å². The molecule has 0 aliphatic carbocycles. The first-order valence-electron chi connectivity index (χ1n) is 10.7. The number of carbonyl (C=O) groups excluding carboxylic acids is 1. The number of hydrogen-bond donors (Lipinski definition) is 0. The molecule has 0 saturated carbocycles. The maximum Gasteiger partial charge on any atom is 0.337 e. The number of nitrogens with zero attached hydrogens (tertiary/aromatic N) is 2. The highest BCUT2D eigenvalue weighted by atomic mass is 32.2. The molecule has 172 valence electrons. The Morgan fingerprint density at radius 2 is 1.79 bits per heavy atom. The van der Waals surface area contributed by atoms with E-state index in [9.17, 15) is 9.59 Å². The van der Waals surface area contributed by atoms with Crippen LogP contribution in [0.4, 0.5) is 0 Å². The van der Waals surface area contributed by atoms with Gasteiger partial charge in [0.2, 0.25) is 6.79 Å². The molecule has 5 rings (SSSR count). The van der Waals surface area contributed by atoms with Crippen LogP contribution in [0.25, 0.3) is 10.9 Å². The molecule has 0 fully saturated rings. The van der Waals surface area contributed by atoms with Crippen LogP contribution in [0.3, 0.4) is 0 Å². The highest BCUT2D eigenvalue weighted by Crippen LogP contribution is 2.33. The van der Waals surface area contributed by atoms with Gasteiger partial charge in [-0.05, 0) is 48.4 Å². The predicted octanol–water partition coefficient (Wildman–Crippen LogP) is 4.56. The lowest BCUT2D eigenvalue weighted by molar-refractivity contribution is 0.0601. The van der Waals surface area contributed by atoms with E-state index in [1.165, 1.54) is 24.4 Å². The summed E-state index contributed by atoms with van der Waals surface area (Å²) < 4.78 is 17.4. The summed E-state index contributed by atoms with van der Waals surface area (Å²) in [6, 6.07) is 18.7. The van der Waals surface area contributed by atoms with Crippen molar-refractivity contribution in [2.24, 2.45) is 0 Å². The third-order valence-electron chi connectivity index (χ3n) is 5.61. The molecule has 3 aromatic carbocycles. The smallest absolute Gasteiger partial charge is 0.337 e. The normalized spacial score (nSPS) is 12.2. The Kier molecular flexibility index (Phi) is 5.98. The number of benzene rings is 3.